The van der Waals surface area contributed by atoms with Crippen molar-refractivity contribution in [3.8, 4) is 11.5 Å². The Hall–Kier alpha value is -2.30. The summed E-state index contributed by atoms with van der Waals surface area (Å²) >= 11 is 0. The number of aromatic nitrogens is 2. The zero-order chi connectivity index (χ0) is 16.2. The van der Waals surface area contributed by atoms with Crippen LogP contribution in [-0.4, -0.2) is 37.3 Å². The first kappa shape index (κ1) is 15.6. The maximum Gasteiger partial charge on any atom is 0.164 e. The van der Waals surface area contributed by atoms with Gasteiger partial charge < -0.3 is 14.4 Å². The Labute approximate surface area is 137 Å². The lowest BCUT2D eigenvalue weighted by Gasteiger charge is -2.26. The largest absolute Gasteiger partial charge is 0.493 e. The molecule has 1 atom stereocenters. The molecule has 0 radical (unpaired) electrons. The third-order valence-corrected chi connectivity index (χ3v) is 4.32. The maximum absolute atomic E-state index is 5.95. The van der Waals surface area contributed by atoms with Crippen LogP contribution in [0.4, 0.5) is 5.82 Å². The standard InChI is InChI=1S/C18H23N3O2/c1-4-21(2)17-10-15(19-12-20-17)9-13-8-14-6-5-7-16(22-3)18(14)23-11-13/h5-7,10,12-13H,4,8-9,11H2,1-3H3/t13-/m0/s1. The quantitative estimate of drug-likeness (QED) is 0.849. The van der Waals surface area contributed by atoms with Crippen molar-refractivity contribution in [2.75, 3.05) is 32.2 Å². The van der Waals surface area contributed by atoms with Crippen LogP contribution in [0.5, 0.6) is 11.5 Å². The van der Waals surface area contributed by atoms with Gasteiger partial charge in [0.15, 0.2) is 11.5 Å². The van der Waals surface area contributed by atoms with Crippen molar-refractivity contribution in [3.63, 3.8) is 0 Å². The molecular formula is C18H23N3O2. The van der Waals surface area contributed by atoms with Gasteiger partial charge in [-0.1, -0.05) is 12.1 Å². The van der Waals surface area contributed by atoms with E-state index in [1.807, 2.05) is 19.2 Å². The molecule has 0 bridgehead atoms. The highest BCUT2D eigenvalue weighted by Gasteiger charge is 2.23. The van der Waals surface area contributed by atoms with Gasteiger partial charge in [0.1, 0.15) is 12.1 Å². The fourth-order valence-electron chi connectivity index (χ4n) is 2.91. The first-order chi connectivity index (χ1) is 11.2. The molecule has 3 rings (SSSR count). The zero-order valence-electron chi connectivity index (χ0n) is 14.0. The maximum atomic E-state index is 5.95. The summed E-state index contributed by atoms with van der Waals surface area (Å²) in [5.41, 5.74) is 2.27. The second-order valence-corrected chi connectivity index (χ2v) is 5.92. The van der Waals surface area contributed by atoms with E-state index in [1.165, 1.54) is 5.56 Å². The molecule has 0 unspecified atom stereocenters. The molecule has 2 aromatic rings. The number of ether oxygens (including phenoxy) is 2. The van der Waals surface area contributed by atoms with Crippen molar-refractivity contribution in [1.29, 1.82) is 0 Å². The summed E-state index contributed by atoms with van der Waals surface area (Å²) in [6, 6.07) is 8.14. The zero-order valence-corrected chi connectivity index (χ0v) is 14.0. The van der Waals surface area contributed by atoms with Gasteiger partial charge in [0.25, 0.3) is 0 Å². The SMILES string of the molecule is CCN(C)c1cc(C[C@H]2COc3c(cccc3OC)C2)ncn1. The van der Waals surface area contributed by atoms with Crippen LogP contribution in [0.3, 0.4) is 0 Å². The van der Waals surface area contributed by atoms with E-state index in [1.54, 1.807) is 13.4 Å². The minimum absolute atomic E-state index is 0.421. The molecule has 0 saturated carbocycles. The summed E-state index contributed by atoms with van der Waals surface area (Å²) in [7, 11) is 3.72. The molecule has 5 nitrogen and oxygen atoms in total. The lowest BCUT2D eigenvalue weighted by atomic mass is 9.92. The van der Waals surface area contributed by atoms with Crippen LogP contribution in [0.2, 0.25) is 0 Å². The van der Waals surface area contributed by atoms with Crippen molar-refractivity contribution >= 4 is 5.82 Å². The third kappa shape index (κ3) is 3.38. The van der Waals surface area contributed by atoms with E-state index in [0.717, 1.165) is 42.4 Å². The number of methoxy groups -OCH3 is 1. The summed E-state index contributed by atoms with van der Waals surface area (Å²) in [6.07, 6.45) is 3.52. The second kappa shape index (κ2) is 6.86. The molecule has 1 aliphatic rings. The number of para-hydroxylation sites is 1. The normalized spacial score (nSPS) is 16.4. The number of benzene rings is 1. The Morgan fingerprint density at radius 1 is 1.35 bits per heavy atom. The molecule has 122 valence electrons. The van der Waals surface area contributed by atoms with Crippen LogP contribution in [0.15, 0.2) is 30.6 Å². The second-order valence-electron chi connectivity index (χ2n) is 5.92. The van der Waals surface area contributed by atoms with E-state index < -0.39 is 0 Å². The molecule has 1 aromatic heterocycles. The predicted molar refractivity (Wildman–Crippen MR) is 90.4 cm³/mol. The molecule has 2 heterocycles. The Balaban J connectivity index is 1.73. The molecule has 0 fully saturated rings. The average molecular weight is 313 g/mol. The van der Waals surface area contributed by atoms with E-state index in [0.29, 0.717) is 12.5 Å². The van der Waals surface area contributed by atoms with Crippen LogP contribution >= 0.6 is 0 Å². The average Bonchev–Trinajstić information content (AvgIpc) is 2.60. The van der Waals surface area contributed by atoms with E-state index in [-0.39, 0.29) is 0 Å². The summed E-state index contributed by atoms with van der Waals surface area (Å²) in [5, 5.41) is 0. The number of nitrogens with zero attached hydrogens (tertiary/aromatic N) is 3. The Kier molecular flexibility index (Phi) is 4.65. The monoisotopic (exact) mass is 313 g/mol. The number of hydrogen-bond donors (Lipinski definition) is 0. The van der Waals surface area contributed by atoms with Gasteiger partial charge in [0, 0.05) is 31.3 Å². The number of fused-ring (bicyclic) bond motifs is 1. The van der Waals surface area contributed by atoms with Gasteiger partial charge in [0.05, 0.1) is 13.7 Å². The van der Waals surface area contributed by atoms with Gasteiger partial charge in [-0.05, 0) is 31.4 Å². The van der Waals surface area contributed by atoms with Gasteiger partial charge in [-0.15, -0.1) is 0 Å². The molecule has 5 heteroatoms. The van der Waals surface area contributed by atoms with Crippen LogP contribution in [0.1, 0.15) is 18.2 Å². The van der Waals surface area contributed by atoms with Crippen molar-refractivity contribution in [2.45, 2.75) is 19.8 Å². The van der Waals surface area contributed by atoms with E-state index >= 15 is 0 Å². The highest BCUT2D eigenvalue weighted by Crippen LogP contribution is 2.36. The van der Waals surface area contributed by atoms with E-state index in [9.17, 15) is 0 Å². The molecule has 1 aliphatic heterocycles. The fraction of sp³-hybridized carbons (Fsp3) is 0.444. The van der Waals surface area contributed by atoms with Gasteiger partial charge in [-0.3, -0.25) is 0 Å². The fourth-order valence-corrected chi connectivity index (χ4v) is 2.91. The van der Waals surface area contributed by atoms with Crippen LogP contribution in [0, 0.1) is 5.92 Å². The van der Waals surface area contributed by atoms with Crippen molar-refractivity contribution in [3.05, 3.63) is 41.9 Å². The molecule has 0 saturated heterocycles. The Morgan fingerprint density at radius 3 is 3.00 bits per heavy atom. The molecule has 0 aliphatic carbocycles. The molecule has 0 amide bonds. The Morgan fingerprint density at radius 2 is 2.22 bits per heavy atom. The van der Waals surface area contributed by atoms with Crippen molar-refractivity contribution in [1.82, 2.24) is 9.97 Å². The van der Waals surface area contributed by atoms with Gasteiger partial charge in [-0.25, -0.2) is 9.97 Å². The lowest BCUT2D eigenvalue weighted by Crippen LogP contribution is -2.24. The number of hydrogen-bond acceptors (Lipinski definition) is 5. The summed E-state index contributed by atoms with van der Waals surface area (Å²) < 4.78 is 11.3. The highest BCUT2D eigenvalue weighted by molar-refractivity contribution is 5.48. The summed E-state index contributed by atoms with van der Waals surface area (Å²) in [5.74, 6) is 3.09. The van der Waals surface area contributed by atoms with Crippen LogP contribution in [-0.2, 0) is 12.8 Å². The third-order valence-electron chi connectivity index (χ3n) is 4.32. The van der Waals surface area contributed by atoms with Gasteiger partial charge in [0.2, 0.25) is 0 Å². The van der Waals surface area contributed by atoms with E-state index in [4.69, 9.17) is 9.47 Å². The van der Waals surface area contributed by atoms with Crippen molar-refractivity contribution in [2.24, 2.45) is 5.92 Å². The number of rotatable bonds is 5. The van der Waals surface area contributed by atoms with Crippen LogP contribution < -0.4 is 14.4 Å². The minimum atomic E-state index is 0.421. The topological polar surface area (TPSA) is 47.5 Å². The minimum Gasteiger partial charge on any atom is -0.493 e. The highest BCUT2D eigenvalue weighted by atomic mass is 16.5. The Bertz CT molecular complexity index is 675. The van der Waals surface area contributed by atoms with E-state index in [2.05, 4.69) is 33.9 Å². The smallest absolute Gasteiger partial charge is 0.164 e. The van der Waals surface area contributed by atoms with Gasteiger partial charge in [-0.2, -0.15) is 0 Å². The molecular weight excluding hydrogens is 290 g/mol. The predicted octanol–water partition coefficient (Wildman–Crippen LogP) is 2.74. The molecule has 0 N–H and O–H groups in total. The molecule has 23 heavy (non-hydrogen) atoms. The first-order valence-corrected chi connectivity index (χ1v) is 8.02. The molecule has 1 aromatic carbocycles. The summed E-state index contributed by atoms with van der Waals surface area (Å²) in [4.78, 5) is 10.9. The summed E-state index contributed by atoms with van der Waals surface area (Å²) in [6.45, 7) is 3.73. The number of anilines is 1. The van der Waals surface area contributed by atoms with Crippen molar-refractivity contribution < 1.29 is 9.47 Å². The first-order valence-electron chi connectivity index (χ1n) is 8.02. The molecule has 0 spiro atoms. The van der Waals surface area contributed by atoms with Crippen LogP contribution in [0.25, 0.3) is 0 Å². The lowest BCUT2D eigenvalue weighted by molar-refractivity contribution is 0.210. The van der Waals surface area contributed by atoms with Gasteiger partial charge >= 0.3 is 0 Å².